The molecule has 2 aliphatic carbocycles. The molecular formula is C15H21N3O. The Kier molecular flexibility index (Phi) is 3.67. The molecule has 0 spiro atoms. The summed E-state index contributed by atoms with van der Waals surface area (Å²) in [7, 11) is 0. The van der Waals surface area contributed by atoms with Gasteiger partial charge in [0.2, 0.25) is 0 Å². The van der Waals surface area contributed by atoms with Gasteiger partial charge in [-0.1, -0.05) is 19.3 Å². The lowest BCUT2D eigenvalue weighted by atomic mass is 9.95. The van der Waals surface area contributed by atoms with E-state index in [2.05, 4.69) is 15.6 Å². The van der Waals surface area contributed by atoms with E-state index in [0.29, 0.717) is 17.8 Å². The van der Waals surface area contributed by atoms with Gasteiger partial charge in [-0.15, -0.1) is 0 Å². The van der Waals surface area contributed by atoms with Crippen molar-refractivity contribution in [2.24, 2.45) is 0 Å². The molecule has 2 saturated carbocycles. The largest absolute Gasteiger partial charge is 0.382 e. The number of amides is 1. The summed E-state index contributed by atoms with van der Waals surface area (Å²) >= 11 is 0. The minimum Gasteiger partial charge on any atom is -0.382 e. The topological polar surface area (TPSA) is 54.0 Å². The van der Waals surface area contributed by atoms with Gasteiger partial charge in [-0.3, -0.25) is 9.78 Å². The molecule has 102 valence electrons. The Morgan fingerprint density at radius 2 is 1.89 bits per heavy atom. The third-order valence-corrected chi connectivity index (χ3v) is 3.88. The molecule has 4 nitrogen and oxygen atoms in total. The van der Waals surface area contributed by atoms with Crippen LogP contribution in [0.4, 0.5) is 5.69 Å². The maximum absolute atomic E-state index is 12.2. The molecule has 0 saturated heterocycles. The summed E-state index contributed by atoms with van der Waals surface area (Å²) in [6, 6.07) is 4.71. The van der Waals surface area contributed by atoms with Crippen molar-refractivity contribution in [3.05, 3.63) is 24.0 Å². The van der Waals surface area contributed by atoms with E-state index < -0.39 is 0 Å². The van der Waals surface area contributed by atoms with Crippen molar-refractivity contribution in [3.8, 4) is 0 Å². The molecule has 0 aromatic carbocycles. The van der Waals surface area contributed by atoms with Crippen molar-refractivity contribution in [1.82, 2.24) is 10.3 Å². The van der Waals surface area contributed by atoms with Crippen LogP contribution in [-0.2, 0) is 0 Å². The Hall–Kier alpha value is -1.58. The van der Waals surface area contributed by atoms with Crippen LogP contribution in [-0.4, -0.2) is 23.0 Å². The molecule has 2 fully saturated rings. The molecule has 1 aromatic rings. The summed E-state index contributed by atoms with van der Waals surface area (Å²) in [6.45, 7) is 0. The molecule has 2 aliphatic rings. The van der Waals surface area contributed by atoms with Gasteiger partial charge < -0.3 is 10.6 Å². The number of carbonyl (C=O) groups excluding carboxylic acids is 1. The monoisotopic (exact) mass is 259 g/mol. The van der Waals surface area contributed by atoms with Gasteiger partial charge in [0.25, 0.3) is 5.91 Å². The van der Waals surface area contributed by atoms with Crippen LogP contribution in [0.1, 0.15) is 55.4 Å². The molecular weight excluding hydrogens is 238 g/mol. The van der Waals surface area contributed by atoms with E-state index in [1.807, 2.05) is 12.1 Å². The number of anilines is 1. The van der Waals surface area contributed by atoms with Crippen LogP contribution < -0.4 is 10.6 Å². The minimum absolute atomic E-state index is 0.0358. The summed E-state index contributed by atoms with van der Waals surface area (Å²) in [6.07, 6.45) is 10.1. The fourth-order valence-corrected chi connectivity index (χ4v) is 2.61. The SMILES string of the molecule is O=C(NC1CCCCC1)c1cc(NC2CC2)ccn1. The Bertz CT molecular complexity index is 450. The van der Waals surface area contributed by atoms with Crippen molar-refractivity contribution >= 4 is 11.6 Å². The molecule has 2 N–H and O–H groups in total. The van der Waals surface area contributed by atoms with E-state index >= 15 is 0 Å². The summed E-state index contributed by atoms with van der Waals surface area (Å²) in [5.74, 6) is -0.0358. The molecule has 3 rings (SSSR count). The third kappa shape index (κ3) is 3.46. The quantitative estimate of drug-likeness (QED) is 0.874. The Balaban J connectivity index is 1.61. The number of aromatic nitrogens is 1. The van der Waals surface area contributed by atoms with Crippen LogP contribution in [0, 0.1) is 0 Å². The Morgan fingerprint density at radius 3 is 2.63 bits per heavy atom. The molecule has 1 heterocycles. The van der Waals surface area contributed by atoms with Gasteiger partial charge in [-0.05, 0) is 37.8 Å². The zero-order valence-electron chi connectivity index (χ0n) is 11.2. The molecule has 19 heavy (non-hydrogen) atoms. The minimum atomic E-state index is -0.0358. The standard InChI is InChI=1S/C15H21N3O/c19-15(18-11-4-2-1-3-5-11)14-10-13(8-9-16-14)17-12-6-7-12/h8-12H,1-7H2,(H,16,17)(H,18,19). The van der Waals surface area contributed by atoms with Gasteiger partial charge in [0.05, 0.1) is 0 Å². The van der Waals surface area contributed by atoms with Crippen molar-refractivity contribution < 1.29 is 4.79 Å². The summed E-state index contributed by atoms with van der Waals surface area (Å²) < 4.78 is 0. The van der Waals surface area contributed by atoms with Crippen molar-refractivity contribution in [3.63, 3.8) is 0 Å². The molecule has 0 radical (unpaired) electrons. The second-order valence-corrected chi connectivity index (χ2v) is 5.66. The van der Waals surface area contributed by atoms with Crippen LogP contribution >= 0.6 is 0 Å². The van der Waals surface area contributed by atoms with Gasteiger partial charge in [-0.25, -0.2) is 0 Å². The first-order valence-corrected chi connectivity index (χ1v) is 7.35. The van der Waals surface area contributed by atoms with Crippen molar-refractivity contribution in [1.29, 1.82) is 0 Å². The van der Waals surface area contributed by atoms with Gasteiger partial charge in [0.1, 0.15) is 5.69 Å². The maximum atomic E-state index is 12.2. The fraction of sp³-hybridized carbons (Fsp3) is 0.600. The highest BCUT2D eigenvalue weighted by atomic mass is 16.1. The molecule has 0 aliphatic heterocycles. The first kappa shape index (κ1) is 12.5. The number of rotatable bonds is 4. The molecule has 1 aromatic heterocycles. The van der Waals surface area contributed by atoms with Crippen LogP contribution in [0.2, 0.25) is 0 Å². The van der Waals surface area contributed by atoms with Gasteiger partial charge in [0.15, 0.2) is 0 Å². The highest BCUT2D eigenvalue weighted by Gasteiger charge is 2.21. The number of carbonyl (C=O) groups is 1. The predicted octanol–water partition coefficient (Wildman–Crippen LogP) is 2.72. The number of pyridine rings is 1. The molecule has 0 unspecified atom stereocenters. The van der Waals surface area contributed by atoms with Crippen LogP contribution in [0.5, 0.6) is 0 Å². The molecule has 0 bridgehead atoms. The van der Waals surface area contributed by atoms with E-state index in [9.17, 15) is 4.79 Å². The van der Waals surface area contributed by atoms with E-state index in [0.717, 1.165) is 18.5 Å². The average molecular weight is 259 g/mol. The van der Waals surface area contributed by atoms with Crippen LogP contribution in [0.3, 0.4) is 0 Å². The third-order valence-electron chi connectivity index (χ3n) is 3.88. The lowest BCUT2D eigenvalue weighted by Gasteiger charge is -2.22. The normalized spacial score (nSPS) is 20.0. The highest BCUT2D eigenvalue weighted by Crippen LogP contribution is 2.24. The Labute approximate surface area is 114 Å². The van der Waals surface area contributed by atoms with Crippen molar-refractivity contribution in [2.45, 2.75) is 57.0 Å². The maximum Gasteiger partial charge on any atom is 0.270 e. The smallest absolute Gasteiger partial charge is 0.270 e. The first-order chi connectivity index (χ1) is 9.31. The van der Waals surface area contributed by atoms with E-state index in [-0.39, 0.29) is 5.91 Å². The van der Waals surface area contributed by atoms with Gasteiger partial charge in [-0.2, -0.15) is 0 Å². The van der Waals surface area contributed by atoms with E-state index in [1.165, 1.54) is 32.1 Å². The molecule has 4 heteroatoms. The molecule has 0 atom stereocenters. The zero-order chi connectivity index (χ0) is 13.1. The number of nitrogens with zero attached hydrogens (tertiary/aromatic N) is 1. The van der Waals surface area contributed by atoms with Crippen molar-refractivity contribution in [2.75, 3.05) is 5.32 Å². The molecule has 1 amide bonds. The number of nitrogens with one attached hydrogen (secondary N) is 2. The Morgan fingerprint density at radius 1 is 1.11 bits per heavy atom. The van der Waals surface area contributed by atoms with Crippen LogP contribution in [0.15, 0.2) is 18.3 Å². The fourth-order valence-electron chi connectivity index (χ4n) is 2.61. The summed E-state index contributed by atoms with van der Waals surface area (Å²) in [4.78, 5) is 16.3. The van der Waals surface area contributed by atoms with Crippen LogP contribution in [0.25, 0.3) is 0 Å². The summed E-state index contributed by atoms with van der Waals surface area (Å²) in [5.41, 5.74) is 1.53. The zero-order valence-corrected chi connectivity index (χ0v) is 11.2. The first-order valence-electron chi connectivity index (χ1n) is 7.35. The number of hydrogen-bond acceptors (Lipinski definition) is 3. The second-order valence-electron chi connectivity index (χ2n) is 5.66. The number of hydrogen-bond donors (Lipinski definition) is 2. The van der Waals surface area contributed by atoms with Gasteiger partial charge in [0, 0.05) is 24.0 Å². The lowest BCUT2D eigenvalue weighted by molar-refractivity contribution is 0.0922. The lowest BCUT2D eigenvalue weighted by Crippen LogP contribution is -2.36. The van der Waals surface area contributed by atoms with E-state index in [4.69, 9.17) is 0 Å². The van der Waals surface area contributed by atoms with E-state index in [1.54, 1.807) is 6.20 Å². The predicted molar refractivity (Wildman–Crippen MR) is 75.2 cm³/mol. The van der Waals surface area contributed by atoms with Gasteiger partial charge >= 0.3 is 0 Å². The highest BCUT2D eigenvalue weighted by molar-refractivity contribution is 5.93. The summed E-state index contributed by atoms with van der Waals surface area (Å²) in [5, 5.41) is 6.50. The second kappa shape index (κ2) is 5.59. The average Bonchev–Trinajstić information content (AvgIpc) is 3.24.